The minimum absolute atomic E-state index is 0.0729. The number of rotatable bonds is 2. The maximum absolute atomic E-state index is 11.5. The molecule has 2 aromatic heterocycles. The molecule has 3 rings (SSSR count). The molecule has 1 fully saturated rings. The van der Waals surface area contributed by atoms with Crippen molar-refractivity contribution in [2.45, 2.75) is 13.0 Å². The van der Waals surface area contributed by atoms with E-state index in [2.05, 4.69) is 10.1 Å². The van der Waals surface area contributed by atoms with Crippen molar-refractivity contribution in [1.82, 2.24) is 14.8 Å². The molecule has 0 N–H and O–H groups in total. The predicted octanol–water partition coefficient (Wildman–Crippen LogP) is 1.86. The Morgan fingerprint density at radius 1 is 1.59 bits per heavy atom. The number of pyridine rings is 1. The topological polar surface area (TPSA) is 57.0 Å². The van der Waals surface area contributed by atoms with Crippen molar-refractivity contribution >= 4 is 28.3 Å². The molecule has 0 saturated carbocycles. The van der Waals surface area contributed by atoms with Crippen LogP contribution in [0, 0.1) is 0 Å². The highest BCUT2D eigenvalue weighted by Gasteiger charge is 2.25. The fourth-order valence-electron chi connectivity index (χ4n) is 1.91. The second kappa shape index (κ2) is 3.78. The van der Waals surface area contributed by atoms with Crippen LogP contribution in [0.1, 0.15) is 23.5 Å². The molecular formula is C11H10ClN3O2. The molecule has 1 saturated heterocycles. The molecule has 1 aliphatic heterocycles. The Morgan fingerprint density at radius 3 is 2.94 bits per heavy atom. The third-order valence-electron chi connectivity index (χ3n) is 2.86. The zero-order chi connectivity index (χ0) is 12.0. The van der Waals surface area contributed by atoms with E-state index in [0.29, 0.717) is 24.1 Å². The highest BCUT2D eigenvalue weighted by Crippen LogP contribution is 2.26. The molecule has 88 valence electrons. The minimum atomic E-state index is -0.0729. The van der Waals surface area contributed by atoms with E-state index in [1.165, 1.54) is 6.92 Å². The number of aromatic nitrogens is 3. The molecule has 0 aliphatic carbocycles. The Morgan fingerprint density at radius 2 is 2.35 bits per heavy atom. The van der Waals surface area contributed by atoms with Crippen LogP contribution in [0.3, 0.4) is 0 Å². The van der Waals surface area contributed by atoms with Crippen LogP contribution in [0.15, 0.2) is 12.3 Å². The first kappa shape index (κ1) is 10.7. The maximum atomic E-state index is 11.5. The molecule has 0 radical (unpaired) electrons. The van der Waals surface area contributed by atoms with E-state index in [1.807, 2.05) is 0 Å². The Balaban J connectivity index is 2.26. The van der Waals surface area contributed by atoms with Gasteiger partial charge in [-0.1, -0.05) is 11.6 Å². The quantitative estimate of drug-likeness (QED) is 0.604. The summed E-state index contributed by atoms with van der Waals surface area (Å²) in [6, 6.07) is 1.87. The Labute approximate surface area is 102 Å². The second-order valence-electron chi connectivity index (χ2n) is 4.06. The van der Waals surface area contributed by atoms with E-state index < -0.39 is 0 Å². The molecule has 6 heteroatoms. The van der Waals surface area contributed by atoms with Gasteiger partial charge < -0.3 is 4.74 Å². The number of halogens is 1. The van der Waals surface area contributed by atoms with Crippen molar-refractivity contribution in [2.24, 2.45) is 0 Å². The van der Waals surface area contributed by atoms with E-state index in [4.69, 9.17) is 16.3 Å². The molecule has 17 heavy (non-hydrogen) atoms. The standard InChI is InChI=1S/C11H10ClN3O2/c1-6(16)11-8-2-10(12)13-3-9(8)15(14-11)7-4-17-5-7/h2-3,7H,4-5H2,1H3. The third-order valence-corrected chi connectivity index (χ3v) is 3.07. The van der Waals surface area contributed by atoms with Gasteiger partial charge in [-0.25, -0.2) is 4.98 Å². The fraction of sp³-hybridized carbons (Fsp3) is 0.364. The molecule has 0 amide bonds. The van der Waals surface area contributed by atoms with Gasteiger partial charge in [0.15, 0.2) is 5.78 Å². The van der Waals surface area contributed by atoms with Crippen LogP contribution in [-0.4, -0.2) is 33.8 Å². The number of carbonyl (C=O) groups is 1. The SMILES string of the molecule is CC(=O)c1nn(C2COC2)c2cnc(Cl)cc12. The summed E-state index contributed by atoms with van der Waals surface area (Å²) in [5.74, 6) is -0.0729. The van der Waals surface area contributed by atoms with Gasteiger partial charge in [0, 0.05) is 12.3 Å². The van der Waals surface area contributed by atoms with E-state index in [1.54, 1.807) is 16.9 Å². The van der Waals surface area contributed by atoms with Crippen molar-refractivity contribution in [1.29, 1.82) is 0 Å². The number of fused-ring (bicyclic) bond motifs is 1. The summed E-state index contributed by atoms with van der Waals surface area (Å²) in [6.07, 6.45) is 1.65. The zero-order valence-corrected chi connectivity index (χ0v) is 9.94. The summed E-state index contributed by atoms with van der Waals surface area (Å²) >= 11 is 5.85. The molecule has 0 aromatic carbocycles. The van der Waals surface area contributed by atoms with Crippen LogP contribution in [0.5, 0.6) is 0 Å². The number of hydrogen-bond donors (Lipinski definition) is 0. The van der Waals surface area contributed by atoms with Crippen LogP contribution < -0.4 is 0 Å². The summed E-state index contributed by atoms with van der Waals surface area (Å²) < 4.78 is 6.94. The van der Waals surface area contributed by atoms with Gasteiger partial charge in [0.25, 0.3) is 0 Å². The van der Waals surface area contributed by atoms with Crippen molar-refractivity contribution < 1.29 is 9.53 Å². The van der Waals surface area contributed by atoms with Gasteiger partial charge in [0.05, 0.1) is 31.0 Å². The van der Waals surface area contributed by atoms with Crippen molar-refractivity contribution in [2.75, 3.05) is 13.2 Å². The molecule has 3 heterocycles. The second-order valence-corrected chi connectivity index (χ2v) is 4.45. The van der Waals surface area contributed by atoms with Gasteiger partial charge in [-0.2, -0.15) is 5.10 Å². The summed E-state index contributed by atoms with van der Waals surface area (Å²) in [7, 11) is 0. The highest BCUT2D eigenvalue weighted by atomic mass is 35.5. The molecule has 0 spiro atoms. The van der Waals surface area contributed by atoms with Gasteiger partial charge in [-0.3, -0.25) is 9.48 Å². The monoisotopic (exact) mass is 251 g/mol. The molecule has 2 aromatic rings. The van der Waals surface area contributed by atoms with Crippen LogP contribution in [0.2, 0.25) is 5.15 Å². The lowest BCUT2D eigenvalue weighted by Gasteiger charge is -2.26. The van der Waals surface area contributed by atoms with Gasteiger partial charge >= 0.3 is 0 Å². The summed E-state index contributed by atoms with van der Waals surface area (Å²) in [5, 5.41) is 5.46. The predicted molar refractivity (Wildman–Crippen MR) is 62.4 cm³/mol. The van der Waals surface area contributed by atoms with E-state index in [0.717, 1.165) is 10.9 Å². The van der Waals surface area contributed by atoms with Crippen molar-refractivity contribution in [3.8, 4) is 0 Å². The van der Waals surface area contributed by atoms with Gasteiger partial charge in [0.1, 0.15) is 10.8 Å². The molecular weight excluding hydrogens is 242 g/mol. The van der Waals surface area contributed by atoms with Crippen molar-refractivity contribution in [3.63, 3.8) is 0 Å². The molecule has 0 atom stereocenters. The van der Waals surface area contributed by atoms with Crippen molar-refractivity contribution in [3.05, 3.63) is 23.1 Å². The van der Waals surface area contributed by atoms with E-state index in [-0.39, 0.29) is 11.8 Å². The normalized spacial score (nSPS) is 16.1. The number of nitrogens with zero attached hydrogens (tertiary/aromatic N) is 3. The Bertz CT molecular complexity index is 604. The van der Waals surface area contributed by atoms with Gasteiger partial charge in [-0.05, 0) is 6.07 Å². The van der Waals surface area contributed by atoms with Gasteiger partial charge in [0.2, 0.25) is 0 Å². The van der Waals surface area contributed by atoms with Crippen LogP contribution in [-0.2, 0) is 4.74 Å². The molecule has 0 unspecified atom stereocenters. The lowest BCUT2D eigenvalue weighted by atomic mass is 10.2. The van der Waals surface area contributed by atoms with Crippen LogP contribution in [0.25, 0.3) is 10.9 Å². The first-order valence-corrected chi connectivity index (χ1v) is 5.67. The minimum Gasteiger partial charge on any atom is -0.377 e. The smallest absolute Gasteiger partial charge is 0.180 e. The average Bonchev–Trinajstić information content (AvgIpc) is 2.54. The molecule has 5 nitrogen and oxygen atoms in total. The number of Topliss-reactive ketones (excluding diaryl/α,β-unsaturated/α-hetero) is 1. The summed E-state index contributed by atoms with van der Waals surface area (Å²) in [4.78, 5) is 15.6. The van der Waals surface area contributed by atoms with Crippen LogP contribution >= 0.6 is 11.6 Å². The zero-order valence-electron chi connectivity index (χ0n) is 9.18. The van der Waals surface area contributed by atoms with Crippen LogP contribution in [0.4, 0.5) is 0 Å². The molecule has 1 aliphatic rings. The fourth-order valence-corrected chi connectivity index (χ4v) is 2.07. The average molecular weight is 252 g/mol. The first-order chi connectivity index (χ1) is 8.16. The largest absolute Gasteiger partial charge is 0.377 e. The summed E-state index contributed by atoms with van der Waals surface area (Å²) in [5.41, 5.74) is 1.27. The van der Waals surface area contributed by atoms with Gasteiger partial charge in [-0.15, -0.1) is 0 Å². The molecule has 0 bridgehead atoms. The lowest BCUT2D eigenvalue weighted by molar-refractivity contribution is -0.0267. The lowest BCUT2D eigenvalue weighted by Crippen LogP contribution is -2.31. The number of hydrogen-bond acceptors (Lipinski definition) is 4. The maximum Gasteiger partial charge on any atom is 0.180 e. The van der Waals surface area contributed by atoms with E-state index >= 15 is 0 Å². The Kier molecular flexibility index (Phi) is 2.38. The number of ether oxygens (including phenoxy) is 1. The number of ketones is 1. The highest BCUT2D eigenvalue weighted by molar-refractivity contribution is 6.30. The first-order valence-electron chi connectivity index (χ1n) is 5.29. The van der Waals surface area contributed by atoms with E-state index in [9.17, 15) is 4.79 Å². The number of carbonyl (C=O) groups excluding carboxylic acids is 1. The Hall–Kier alpha value is -1.46. The third kappa shape index (κ3) is 1.62. The summed E-state index contributed by atoms with van der Waals surface area (Å²) in [6.45, 7) is 2.74.